The number of rotatable bonds is 4. The predicted molar refractivity (Wildman–Crippen MR) is 115 cm³/mol. The molecule has 0 radical (unpaired) electrons. The van der Waals surface area contributed by atoms with Gasteiger partial charge < -0.3 is 19.7 Å². The summed E-state index contributed by atoms with van der Waals surface area (Å²) < 4.78 is 11.2. The molecule has 4 aliphatic rings. The van der Waals surface area contributed by atoms with Crippen LogP contribution in [0, 0.1) is 34.5 Å². The Morgan fingerprint density at radius 1 is 1.00 bits per heavy atom. The highest BCUT2D eigenvalue weighted by Crippen LogP contribution is 2.69. The Balaban J connectivity index is 1.65. The van der Waals surface area contributed by atoms with E-state index in [-0.39, 0.29) is 46.8 Å². The highest BCUT2D eigenvalue weighted by atomic mass is 16.5. The van der Waals surface area contributed by atoms with Crippen molar-refractivity contribution < 1.29 is 29.3 Å². The molecule has 9 atom stereocenters. The smallest absolute Gasteiger partial charge is 0.302 e. The van der Waals surface area contributed by atoms with Gasteiger partial charge in [0.05, 0.1) is 18.3 Å². The zero-order valence-corrected chi connectivity index (χ0v) is 19.6. The quantitative estimate of drug-likeness (QED) is 0.654. The molecule has 2 N–H and O–H groups in total. The Kier molecular flexibility index (Phi) is 5.96. The number of aliphatic hydroxyl groups excluding tert-OH is 1. The second-order valence-electron chi connectivity index (χ2n) is 11.3. The largest absolute Gasteiger partial charge is 0.465 e. The molecule has 0 aromatic carbocycles. The Hall–Kier alpha value is -1.14. The molecule has 0 saturated heterocycles. The van der Waals surface area contributed by atoms with Gasteiger partial charge in [0.1, 0.15) is 6.10 Å². The second kappa shape index (κ2) is 8.02. The van der Waals surface area contributed by atoms with Crippen LogP contribution in [0.4, 0.5) is 0 Å². The number of ether oxygens (including phenoxy) is 2. The van der Waals surface area contributed by atoms with Crippen molar-refractivity contribution in [3.8, 4) is 0 Å². The molecule has 0 spiro atoms. The van der Waals surface area contributed by atoms with E-state index in [9.17, 15) is 19.8 Å². The molecule has 6 heteroatoms. The number of aliphatic hydroxyl groups is 2. The summed E-state index contributed by atoms with van der Waals surface area (Å²) in [5, 5.41) is 22.6. The van der Waals surface area contributed by atoms with Crippen LogP contribution >= 0.6 is 0 Å². The first-order chi connectivity index (χ1) is 14.5. The van der Waals surface area contributed by atoms with Crippen LogP contribution in [0.1, 0.15) is 85.5 Å². The van der Waals surface area contributed by atoms with E-state index in [1.165, 1.54) is 13.8 Å². The minimum Gasteiger partial charge on any atom is -0.465 e. The lowest BCUT2D eigenvalue weighted by molar-refractivity contribution is -0.229. The fourth-order valence-corrected chi connectivity index (χ4v) is 8.65. The van der Waals surface area contributed by atoms with Gasteiger partial charge in [-0.2, -0.15) is 0 Å². The molecule has 176 valence electrons. The van der Waals surface area contributed by atoms with Crippen molar-refractivity contribution in [1.82, 2.24) is 0 Å². The van der Waals surface area contributed by atoms with Crippen molar-refractivity contribution in [3.05, 3.63) is 0 Å². The maximum Gasteiger partial charge on any atom is 0.302 e. The lowest BCUT2D eigenvalue weighted by atomic mass is 9.43. The number of fused-ring (bicyclic) bond motifs is 5. The van der Waals surface area contributed by atoms with Crippen LogP contribution in [-0.4, -0.2) is 46.6 Å². The van der Waals surface area contributed by atoms with Crippen LogP contribution in [0.15, 0.2) is 0 Å². The third kappa shape index (κ3) is 3.52. The topological polar surface area (TPSA) is 93.1 Å². The molecule has 4 saturated carbocycles. The fourth-order valence-electron chi connectivity index (χ4n) is 8.65. The van der Waals surface area contributed by atoms with Crippen LogP contribution in [0.3, 0.4) is 0 Å². The molecular weight excluding hydrogens is 396 g/mol. The van der Waals surface area contributed by atoms with Crippen molar-refractivity contribution in [2.45, 2.75) is 103 Å². The van der Waals surface area contributed by atoms with Crippen molar-refractivity contribution >= 4 is 11.9 Å². The van der Waals surface area contributed by atoms with Gasteiger partial charge in [-0.3, -0.25) is 9.59 Å². The Bertz CT molecular complexity index is 723. The molecule has 0 aliphatic heterocycles. The summed E-state index contributed by atoms with van der Waals surface area (Å²) in [6, 6.07) is 0. The maximum absolute atomic E-state index is 12.3. The first kappa shape index (κ1) is 23.0. The highest BCUT2D eigenvalue weighted by Gasteiger charge is 2.69. The van der Waals surface area contributed by atoms with Crippen LogP contribution in [0.2, 0.25) is 0 Å². The molecule has 0 bridgehead atoms. The first-order valence-corrected chi connectivity index (χ1v) is 12.2. The monoisotopic (exact) mass is 436 g/mol. The minimum absolute atomic E-state index is 0.148. The molecule has 6 nitrogen and oxygen atoms in total. The number of carbonyl (C=O) groups is 2. The summed E-state index contributed by atoms with van der Waals surface area (Å²) >= 11 is 0. The minimum atomic E-state index is -0.792. The molecule has 4 rings (SSSR count). The normalized spacial score (nSPS) is 47.5. The second-order valence-corrected chi connectivity index (χ2v) is 11.3. The standard InChI is InChI=1S/C25H40O6/c1-15(31-17(3)27)20-9-12-25(29)22-6-5-18-13-19(28)7-11-24(18,14-30-16(2)26)21(22)8-10-23(20,25)4/h15,18-22,28-29H,5-14H2,1-4H3/t15?,18-,19-,20+,21-,22+,23+,24+,25-/m0/s1. The highest BCUT2D eigenvalue weighted by molar-refractivity contribution is 5.66. The zero-order valence-electron chi connectivity index (χ0n) is 19.6. The van der Waals surface area contributed by atoms with Crippen molar-refractivity contribution in [2.75, 3.05) is 6.61 Å². The van der Waals surface area contributed by atoms with Gasteiger partial charge in [-0.05, 0) is 82.5 Å². The SMILES string of the molecule is CC(=O)OC[C@]12CC[C@H](O)C[C@@H]1CC[C@@H]1[C@@H]2CC[C@]2(C)[C@@H](C(C)OC(C)=O)CC[C@]12O. The van der Waals surface area contributed by atoms with Crippen molar-refractivity contribution in [1.29, 1.82) is 0 Å². The molecular formula is C25H40O6. The van der Waals surface area contributed by atoms with Crippen LogP contribution in [0.5, 0.6) is 0 Å². The van der Waals surface area contributed by atoms with E-state index in [1.807, 2.05) is 6.92 Å². The Morgan fingerprint density at radius 3 is 2.42 bits per heavy atom. The molecule has 0 amide bonds. The summed E-state index contributed by atoms with van der Waals surface area (Å²) in [4.78, 5) is 23.3. The fraction of sp³-hybridized carbons (Fsp3) is 0.920. The molecule has 0 aromatic rings. The Morgan fingerprint density at radius 2 is 1.74 bits per heavy atom. The van der Waals surface area contributed by atoms with Gasteiger partial charge >= 0.3 is 11.9 Å². The molecule has 4 fully saturated rings. The van der Waals surface area contributed by atoms with E-state index < -0.39 is 5.60 Å². The van der Waals surface area contributed by atoms with E-state index >= 15 is 0 Å². The summed E-state index contributed by atoms with van der Waals surface area (Å²) in [6.07, 6.45) is 7.27. The van der Waals surface area contributed by atoms with Crippen LogP contribution in [0.25, 0.3) is 0 Å². The third-order valence-electron chi connectivity index (χ3n) is 10.1. The summed E-state index contributed by atoms with van der Waals surface area (Å²) in [6.45, 7) is 7.50. The van der Waals surface area contributed by atoms with Gasteiger partial charge in [0.25, 0.3) is 0 Å². The molecule has 0 heterocycles. The average Bonchev–Trinajstić information content (AvgIpc) is 2.97. The van der Waals surface area contributed by atoms with Gasteiger partial charge in [-0.15, -0.1) is 0 Å². The van der Waals surface area contributed by atoms with E-state index in [4.69, 9.17) is 9.47 Å². The Labute approximate surface area is 186 Å². The first-order valence-electron chi connectivity index (χ1n) is 12.2. The number of hydrogen-bond donors (Lipinski definition) is 2. The third-order valence-corrected chi connectivity index (χ3v) is 10.1. The van der Waals surface area contributed by atoms with E-state index in [2.05, 4.69) is 6.92 Å². The number of hydrogen-bond acceptors (Lipinski definition) is 6. The summed E-state index contributed by atoms with van der Waals surface area (Å²) in [5.74, 6) is 0.417. The molecule has 0 aromatic heterocycles. The van der Waals surface area contributed by atoms with E-state index in [1.54, 1.807) is 0 Å². The number of esters is 2. The van der Waals surface area contributed by atoms with E-state index in [0.717, 1.165) is 57.8 Å². The molecule has 4 aliphatic carbocycles. The van der Waals surface area contributed by atoms with Gasteiger partial charge in [-0.25, -0.2) is 0 Å². The zero-order chi connectivity index (χ0) is 22.6. The lowest BCUT2D eigenvalue weighted by Crippen LogP contribution is -2.64. The van der Waals surface area contributed by atoms with Gasteiger partial charge in [-0.1, -0.05) is 6.92 Å². The van der Waals surface area contributed by atoms with Gasteiger partial charge in [0, 0.05) is 30.6 Å². The van der Waals surface area contributed by atoms with Crippen LogP contribution < -0.4 is 0 Å². The summed E-state index contributed by atoms with van der Waals surface area (Å²) in [7, 11) is 0. The van der Waals surface area contributed by atoms with E-state index in [0.29, 0.717) is 18.4 Å². The average molecular weight is 437 g/mol. The number of carbonyl (C=O) groups excluding carboxylic acids is 2. The van der Waals surface area contributed by atoms with Crippen molar-refractivity contribution in [3.63, 3.8) is 0 Å². The maximum atomic E-state index is 12.3. The lowest BCUT2D eigenvalue weighted by Gasteiger charge is -2.64. The molecule has 1 unspecified atom stereocenters. The van der Waals surface area contributed by atoms with Crippen LogP contribution in [-0.2, 0) is 19.1 Å². The predicted octanol–water partition coefficient (Wildman–Crippen LogP) is 3.62. The summed E-state index contributed by atoms with van der Waals surface area (Å²) in [5.41, 5.74) is -1.23. The van der Waals surface area contributed by atoms with Gasteiger partial charge in [0.15, 0.2) is 0 Å². The van der Waals surface area contributed by atoms with Crippen molar-refractivity contribution in [2.24, 2.45) is 34.5 Å². The van der Waals surface area contributed by atoms with Gasteiger partial charge in [0.2, 0.25) is 0 Å². The molecule has 31 heavy (non-hydrogen) atoms.